The molecule has 0 bridgehead atoms. The Hall–Kier alpha value is -1.35. The molecule has 1 saturated heterocycles. The van der Waals surface area contributed by atoms with Crippen LogP contribution in [0.5, 0.6) is 0 Å². The fraction of sp³-hybridized carbons (Fsp3) is 0.417. The lowest BCUT2D eigenvalue weighted by Crippen LogP contribution is -2.12. The molecule has 0 saturated carbocycles. The Kier molecular flexibility index (Phi) is 1.99. The Bertz CT molecular complexity index is 483. The van der Waals surface area contributed by atoms with E-state index >= 15 is 0 Å². The highest BCUT2D eigenvalue weighted by Crippen LogP contribution is 2.26. The van der Waals surface area contributed by atoms with Gasteiger partial charge in [-0.25, -0.2) is 4.98 Å². The molecule has 1 N–H and O–H groups in total. The molecule has 15 heavy (non-hydrogen) atoms. The van der Waals surface area contributed by atoms with E-state index in [0.717, 1.165) is 23.5 Å². The van der Waals surface area contributed by atoms with Gasteiger partial charge in [-0.15, -0.1) is 0 Å². The van der Waals surface area contributed by atoms with E-state index in [2.05, 4.69) is 22.4 Å². The maximum absolute atomic E-state index is 5.53. The van der Waals surface area contributed by atoms with Gasteiger partial charge in [0.1, 0.15) is 5.52 Å². The molecule has 78 valence electrons. The van der Waals surface area contributed by atoms with E-state index in [4.69, 9.17) is 4.42 Å². The molecule has 1 aromatic carbocycles. The number of nitrogens with one attached hydrogen (secondary N) is 1. The quantitative estimate of drug-likeness (QED) is 0.772. The zero-order valence-electron chi connectivity index (χ0n) is 8.79. The van der Waals surface area contributed by atoms with Gasteiger partial charge in [-0.05, 0) is 37.1 Å². The van der Waals surface area contributed by atoms with Crippen LogP contribution in [-0.2, 0) is 0 Å². The fourth-order valence-electron chi connectivity index (χ4n) is 2.24. The van der Waals surface area contributed by atoms with Crippen molar-refractivity contribution in [2.45, 2.75) is 25.8 Å². The number of aromatic nitrogens is 1. The first kappa shape index (κ1) is 8.92. The number of aryl methyl sites for hydroxylation is 1. The smallest absolute Gasteiger partial charge is 0.192 e. The van der Waals surface area contributed by atoms with Gasteiger partial charge in [0.15, 0.2) is 11.5 Å². The molecular weight excluding hydrogens is 188 g/mol. The molecule has 1 aliphatic rings. The number of nitrogens with zero attached hydrogens (tertiary/aromatic N) is 1. The fourth-order valence-corrected chi connectivity index (χ4v) is 2.24. The predicted octanol–water partition coefficient (Wildman–Crippen LogP) is 2.56. The molecule has 1 unspecified atom stereocenters. The maximum atomic E-state index is 5.53. The van der Waals surface area contributed by atoms with Crippen molar-refractivity contribution in [2.24, 2.45) is 0 Å². The van der Waals surface area contributed by atoms with Crippen molar-refractivity contribution in [1.29, 1.82) is 0 Å². The monoisotopic (exact) mass is 202 g/mol. The summed E-state index contributed by atoms with van der Waals surface area (Å²) in [5.74, 6) is 0.738. The highest BCUT2D eigenvalue weighted by molar-refractivity contribution is 5.73. The van der Waals surface area contributed by atoms with E-state index in [1.165, 1.54) is 18.4 Å². The van der Waals surface area contributed by atoms with Crippen molar-refractivity contribution in [1.82, 2.24) is 10.3 Å². The summed E-state index contributed by atoms with van der Waals surface area (Å²) in [6.45, 7) is 3.01. The van der Waals surface area contributed by atoms with Crippen LogP contribution in [0.2, 0.25) is 0 Å². The summed E-state index contributed by atoms with van der Waals surface area (Å²) in [4.78, 5) is 4.29. The second kappa shape index (κ2) is 3.35. The highest BCUT2D eigenvalue weighted by Gasteiger charge is 2.16. The number of benzene rings is 1. The van der Waals surface area contributed by atoms with E-state index < -0.39 is 0 Å². The predicted molar refractivity (Wildman–Crippen MR) is 58.7 cm³/mol. The highest BCUT2D eigenvalue weighted by atomic mass is 16.3. The normalized spacial score (nSPS) is 21.3. The van der Waals surface area contributed by atoms with Gasteiger partial charge in [0.2, 0.25) is 0 Å². The van der Waals surface area contributed by atoms with Crippen LogP contribution in [0.3, 0.4) is 0 Å². The summed E-state index contributed by atoms with van der Waals surface area (Å²) in [5.41, 5.74) is 3.17. The minimum absolute atomic E-state index is 0.500. The van der Waals surface area contributed by atoms with Crippen molar-refractivity contribution in [3.05, 3.63) is 29.7 Å². The van der Waals surface area contributed by atoms with Crippen LogP contribution in [0.1, 0.15) is 30.3 Å². The van der Waals surface area contributed by atoms with Gasteiger partial charge in [0, 0.05) is 13.0 Å². The summed E-state index contributed by atoms with van der Waals surface area (Å²) >= 11 is 0. The molecule has 1 fully saturated rings. The summed E-state index contributed by atoms with van der Waals surface area (Å²) in [7, 11) is 0. The van der Waals surface area contributed by atoms with Crippen molar-refractivity contribution in [2.75, 3.05) is 6.54 Å². The molecule has 0 amide bonds. The molecule has 1 atom stereocenters. The zero-order chi connectivity index (χ0) is 10.3. The molecule has 0 aliphatic carbocycles. The van der Waals surface area contributed by atoms with Crippen LogP contribution in [0.15, 0.2) is 22.6 Å². The molecule has 1 aromatic heterocycles. The van der Waals surface area contributed by atoms with Crippen molar-refractivity contribution in [3.63, 3.8) is 0 Å². The van der Waals surface area contributed by atoms with Gasteiger partial charge in [-0.3, -0.25) is 0 Å². The standard InChI is InChI=1S/C12H14N2O/c1-8-14-11-5-4-9(7-12(11)15-8)10-3-2-6-13-10/h4-5,7,10,13H,2-3,6H2,1H3. The van der Waals surface area contributed by atoms with Gasteiger partial charge in [-0.2, -0.15) is 0 Å². The Labute approximate surface area is 88.5 Å². The first-order valence-electron chi connectivity index (χ1n) is 5.43. The second-order valence-electron chi connectivity index (χ2n) is 4.11. The number of fused-ring (bicyclic) bond motifs is 1. The largest absolute Gasteiger partial charge is 0.441 e. The summed E-state index contributed by atoms with van der Waals surface area (Å²) in [6, 6.07) is 6.80. The first-order chi connectivity index (χ1) is 7.33. The lowest BCUT2D eigenvalue weighted by atomic mass is 10.1. The van der Waals surface area contributed by atoms with Crippen LogP contribution >= 0.6 is 0 Å². The zero-order valence-corrected chi connectivity index (χ0v) is 8.79. The maximum Gasteiger partial charge on any atom is 0.192 e. The van der Waals surface area contributed by atoms with Crippen LogP contribution in [0, 0.1) is 6.92 Å². The molecule has 3 rings (SSSR count). The molecular formula is C12H14N2O. The van der Waals surface area contributed by atoms with E-state index in [1.54, 1.807) is 0 Å². The van der Waals surface area contributed by atoms with Crippen LogP contribution < -0.4 is 5.32 Å². The van der Waals surface area contributed by atoms with E-state index in [-0.39, 0.29) is 0 Å². The van der Waals surface area contributed by atoms with Gasteiger partial charge < -0.3 is 9.73 Å². The number of rotatable bonds is 1. The third-order valence-electron chi connectivity index (χ3n) is 2.98. The van der Waals surface area contributed by atoms with Crippen LogP contribution in [-0.4, -0.2) is 11.5 Å². The summed E-state index contributed by atoms with van der Waals surface area (Å²) in [5, 5.41) is 3.48. The minimum Gasteiger partial charge on any atom is -0.441 e. The molecule has 3 nitrogen and oxygen atoms in total. The lowest BCUT2D eigenvalue weighted by molar-refractivity contribution is 0.559. The molecule has 0 spiro atoms. The Morgan fingerprint density at radius 1 is 1.47 bits per heavy atom. The van der Waals surface area contributed by atoms with Crippen molar-refractivity contribution in [3.8, 4) is 0 Å². The van der Waals surface area contributed by atoms with Crippen molar-refractivity contribution >= 4 is 11.1 Å². The van der Waals surface area contributed by atoms with Gasteiger partial charge in [0.05, 0.1) is 0 Å². The Morgan fingerprint density at radius 3 is 3.20 bits per heavy atom. The van der Waals surface area contributed by atoms with E-state index in [9.17, 15) is 0 Å². The minimum atomic E-state index is 0.500. The van der Waals surface area contributed by atoms with Crippen LogP contribution in [0.25, 0.3) is 11.1 Å². The van der Waals surface area contributed by atoms with Gasteiger partial charge in [0.25, 0.3) is 0 Å². The average molecular weight is 202 g/mol. The second-order valence-corrected chi connectivity index (χ2v) is 4.11. The SMILES string of the molecule is Cc1nc2ccc(C3CCCN3)cc2o1. The van der Waals surface area contributed by atoms with E-state index in [0.29, 0.717) is 6.04 Å². The van der Waals surface area contributed by atoms with Gasteiger partial charge in [-0.1, -0.05) is 6.07 Å². The molecule has 2 heterocycles. The molecule has 1 aliphatic heterocycles. The first-order valence-corrected chi connectivity index (χ1v) is 5.43. The summed E-state index contributed by atoms with van der Waals surface area (Å²) < 4.78 is 5.53. The topological polar surface area (TPSA) is 38.1 Å². The molecule has 3 heteroatoms. The number of oxazole rings is 1. The number of hydrogen-bond donors (Lipinski definition) is 1. The molecule has 2 aromatic rings. The average Bonchev–Trinajstić information content (AvgIpc) is 2.82. The van der Waals surface area contributed by atoms with Gasteiger partial charge >= 0.3 is 0 Å². The third kappa shape index (κ3) is 1.53. The van der Waals surface area contributed by atoms with Crippen LogP contribution in [0.4, 0.5) is 0 Å². The van der Waals surface area contributed by atoms with Crippen molar-refractivity contribution < 1.29 is 4.42 Å². The summed E-state index contributed by atoms with van der Waals surface area (Å²) in [6.07, 6.45) is 2.48. The number of hydrogen-bond acceptors (Lipinski definition) is 3. The van der Waals surface area contributed by atoms with E-state index in [1.807, 2.05) is 13.0 Å². The Balaban J connectivity index is 2.04. The third-order valence-corrected chi connectivity index (χ3v) is 2.98. The lowest BCUT2D eigenvalue weighted by Gasteiger charge is -2.09. The molecule has 0 radical (unpaired) electrons. The Morgan fingerprint density at radius 2 is 2.40 bits per heavy atom.